The van der Waals surface area contributed by atoms with Gasteiger partial charge in [-0.2, -0.15) is 0 Å². The van der Waals surface area contributed by atoms with Crippen LogP contribution >= 0.6 is 0 Å². The first kappa shape index (κ1) is 1.47. The second kappa shape index (κ2) is 2.36. The number of nitrogens with zero attached hydrogens (tertiary/aromatic N) is 4. The largest absolute Gasteiger partial charge is 0.230 e. The van der Waals surface area contributed by atoms with Gasteiger partial charge in [-0.15, -0.1) is 5.10 Å². The lowest BCUT2D eigenvalue weighted by Crippen LogP contribution is -2.02. The smallest absolute Gasteiger partial charge is 0.151 e. The van der Waals surface area contributed by atoms with E-state index in [1.807, 2.05) is 0 Å². The van der Waals surface area contributed by atoms with E-state index in [1.165, 1.54) is 0 Å². The van der Waals surface area contributed by atoms with E-state index in [4.69, 9.17) is 13.7 Å². The minimum absolute atomic E-state index is 0.162. The summed E-state index contributed by atoms with van der Waals surface area (Å²) < 4.78 is 77.0. The average molecular weight is 148 g/mol. The van der Waals surface area contributed by atoms with Crippen molar-refractivity contribution in [2.24, 2.45) is 0 Å². The lowest BCUT2D eigenvalue weighted by Gasteiger charge is -1.94. The monoisotopic (exact) mass is 148 g/mol. The number of fused-ring (bicyclic) bond motifs is 1. The van der Waals surface area contributed by atoms with Crippen molar-refractivity contribution in [3.8, 4) is 0 Å². The van der Waals surface area contributed by atoms with Gasteiger partial charge in [-0.25, -0.2) is 4.68 Å². The van der Waals surface area contributed by atoms with Gasteiger partial charge in [0.2, 0.25) is 0 Å². The summed E-state index contributed by atoms with van der Waals surface area (Å²) in [5.41, 5.74) is 0. The molecule has 0 spiro atoms. The summed E-state index contributed by atoms with van der Waals surface area (Å²) in [5, 5.41) is 9.41. The SMILES string of the molecule is [2H]C1([2H])c2nnnn2C([2H])([2H])C([2H])([2H])C([2H])([2H])C1([2H])[2H]. The van der Waals surface area contributed by atoms with E-state index >= 15 is 0 Å². The quantitative estimate of drug-likeness (QED) is 0.535. The molecule has 0 radical (unpaired) electrons. The minimum atomic E-state index is -3.49. The summed E-state index contributed by atoms with van der Waals surface area (Å²) in [6.07, 6.45) is -13.4. The van der Waals surface area contributed by atoms with Gasteiger partial charge in [0.1, 0.15) is 0 Å². The van der Waals surface area contributed by atoms with Gasteiger partial charge in [-0.3, -0.25) is 0 Å². The van der Waals surface area contributed by atoms with Crippen molar-refractivity contribution in [3.05, 3.63) is 5.82 Å². The van der Waals surface area contributed by atoms with Gasteiger partial charge < -0.3 is 0 Å². The molecule has 0 N–H and O–H groups in total. The fourth-order valence-electron chi connectivity index (χ4n) is 0.540. The highest BCUT2D eigenvalue weighted by Crippen LogP contribution is 2.09. The van der Waals surface area contributed by atoms with Crippen LogP contribution in [0.25, 0.3) is 0 Å². The molecule has 2 heterocycles. The highest BCUT2D eigenvalue weighted by molar-refractivity contribution is 4.82. The summed E-state index contributed by atoms with van der Waals surface area (Å²) in [5.74, 6) is -0.905. The number of hydrogen-bond donors (Lipinski definition) is 0. The van der Waals surface area contributed by atoms with Crippen molar-refractivity contribution < 1.29 is 13.7 Å². The maximum absolute atomic E-state index is 7.73. The zero-order chi connectivity index (χ0) is 15.8. The average Bonchev–Trinajstić information content (AvgIpc) is 2.76. The van der Waals surface area contributed by atoms with Crippen LogP contribution < -0.4 is 0 Å². The molecule has 2 rings (SSSR count). The first-order valence-electron chi connectivity index (χ1n) is 7.52. The first-order valence-corrected chi connectivity index (χ1v) is 2.52. The number of aryl methyl sites for hydroxylation is 2. The van der Waals surface area contributed by atoms with Gasteiger partial charge in [0.05, 0.1) is 2.74 Å². The third-order valence-electron chi connectivity index (χ3n) is 0.931. The molecule has 0 saturated heterocycles. The van der Waals surface area contributed by atoms with Crippen LogP contribution in [0.5, 0.6) is 0 Å². The first-order chi connectivity index (χ1) is 8.73. The van der Waals surface area contributed by atoms with Gasteiger partial charge in [0, 0.05) is 23.8 Å². The van der Waals surface area contributed by atoms with Crippen LogP contribution in [-0.2, 0) is 12.9 Å². The molecule has 4 nitrogen and oxygen atoms in total. The fourth-order valence-corrected chi connectivity index (χ4v) is 0.540. The van der Waals surface area contributed by atoms with Crippen LogP contribution in [-0.4, -0.2) is 20.2 Å². The Morgan fingerprint density at radius 2 is 2.40 bits per heavy atom. The van der Waals surface area contributed by atoms with Crippen molar-refractivity contribution >= 4 is 0 Å². The van der Waals surface area contributed by atoms with Crippen molar-refractivity contribution in [2.75, 3.05) is 0 Å². The maximum atomic E-state index is 7.73. The molecule has 0 fully saturated rings. The van der Waals surface area contributed by atoms with Gasteiger partial charge in [-0.05, 0) is 23.2 Å². The summed E-state index contributed by atoms with van der Waals surface area (Å²) >= 11 is 0. The standard InChI is InChI=1S/C6H10N4/c1-2-4-6-7-8-9-10(6)5-3-1/h1-5H2/i1D2,2D2,3D2,4D2,5D2. The second-order valence-electron chi connectivity index (χ2n) is 1.53. The number of aromatic nitrogens is 4. The zero-order valence-corrected chi connectivity index (χ0v) is 4.79. The molecule has 4 heteroatoms. The van der Waals surface area contributed by atoms with E-state index < -0.39 is 37.8 Å². The normalized spacial score (nSPS) is 58.0. The molecule has 1 aromatic rings. The lowest BCUT2D eigenvalue weighted by molar-refractivity contribution is 0.556. The molecule has 1 aliphatic rings. The Hall–Kier alpha value is -0.930. The Labute approximate surface area is 73.3 Å². The van der Waals surface area contributed by atoms with Crippen LogP contribution in [0, 0.1) is 0 Å². The molecule has 1 aromatic heterocycles. The molecule has 10 heavy (non-hydrogen) atoms. The van der Waals surface area contributed by atoms with E-state index in [-0.39, 0.29) is 4.68 Å². The Kier molecular flexibility index (Phi) is 0.346. The molecule has 1 aliphatic heterocycles. The zero-order valence-electron chi connectivity index (χ0n) is 14.8. The van der Waals surface area contributed by atoms with Gasteiger partial charge in [0.25, 0.3) is 0 Å². The maximum Gasteiger partial charge on any atom is 0.151 e. The Bertz CT molecular complexity index is 503. The predicted octanol–water partition coefficient (Wildman–Crippen LogP) is 0.399. The number of tetrazole rings is 1. The number of rotatable bonds is 0. The molecule has 0 aliphatic carbocycles. The summed E-state index contributed by atoms with van der Waals surface area (Å²) in [4.78, 5) is 0. The Morgan fingerprint density at radius 3 is 3.40 bits per heavy atom. The van der Waals surface area contributed by atoms with Crippen molar-refractivity contribution in [2.45, 2.75) is 32.0 Å². The molecule has 54 valence electrons. The van der Waals surface area contributed by atoms with Crippen LogP contribution in [0.3, 0.4) is 0 Å². The molecular weight excluding hydrogens is 128 g/mol. The van der Waals surface area contributed by atoms with Gasteiger partial charge in [-0.1, -0.05) is 6.37 Å². The summed E-state index contributed by atoms with van der Waals surface area (Å²) in [6, 6.07) is 0. The van der Waals surface area contributed by atoms with E-state index in [2.05, 4.69) is 15.5 Å². The highest BCUT2D eigenvalue weighted by atomic mass is 15.5. The van der Waals surface area contributed by atoms with Gasteiger partial charge in [0.15, 0.2) is 5.82 Å². The van der Waals surface area contributed by atoms with Crippen molar-refractivity contribution in [1.82, 2.24) is 20.2 Å². The Morgan fingerprint density at radius 1 is 1.40 bits per heavy atom. The highest BCUT2D eigenvalue weighted by Gasteiger charge is 2.08. The van der Waals surface area contributed by atoms with E-state index in [1.54, 1.807) is 0 Å². The molecular formula is C6H10N4. The van der Waals surface area contributed by atoms with Crippen molar-refractivity contribution in [3.63, 3.8) is 0 Å². The summed E-state index contributed by atoms with van der Waals surface area (Å²) in [7, 11) is 0. The minimum Gasteiger partial charge on any atom is -0.230 e. The lowest BCUT2D eigenvalue weighted by atomic mass is 10.2. The molecule has 0 unspecified atom stereocenters. The molecule has 0 amide bonds. The predicted molar refractivity (Wildman–Crippen MR) is 35.4 cm³/mol. The third kappa shape index (κ3) is 0.894. The topological polar surface area (TPSA) is 43.6 Å². The van der Waals surface area contributed by atoms with Gasteiger partial charge >= 0.3 is 0 Å². The van der Waals surface area contributed by atoms with E-state index in [0.29, 0.717) is 0 Å². The van der Waals surface area contributed by atoms with Crippen LogP contribution in [0.4, 0.5) is 0 Å². The van der Waals surface area contributed by atoms with Crippen LogP contribution in [0.1, 0.15) is 38.7 Å². The Balaban J connectivity index is 2.92. The number of hydrogen-bond acceptors (Lipinski definition) is 3. The molecule has 0 atom stereocenters. The molecule has 0 aromatic carbocycles. The molecule has 0 saturated carbocycles. The second-order valence-corrected chi connectivity index (χ2v) is 1.53. The van der Waals surface area contributed by atoms with Crippen molar-refractivity contribution in [1.29, 1.82) is 0 Å². The van der Waals surface area contributed by atoms with Crippen LogP contribution in [0.15, 0.2) is 0 Å². The van der Waals surface area contributed by atoms with E-state index in [9.17, 15) is 0 Å². The third-order valence-corrected chi connectivity index (χ3v) is 0.931. The summed E-state index contributed by atoms with van der Waals surface area (Å²) in [6.45, 7) is -3.17. The van der Waals surface area contributed by atoms with Crippen LogP contribution in [0.2, 0.25) is 0 Å². The fraction of sp³-hybridized carbons (Fsp3) is 0.833. The molecule has 0 bridgehead atoms. The van der Waals surface area contributed by atoms with E-state index in [0.717, 1.165) is 0 Å².